The lowest BCUT2D eigenvalue weighted by atomic mass is 9.98. The molecule has 2 aromatic rings. The molecule has 0 aliphatic carbocycles. The van der Waals surface area contributed by atoms with Crippen molar-refractivity contribution in [3.05, 3.63) is 70.7 Å². The number of carboxylic acid groups (broad SMARTS) is 4. The number of halogens is 1. The van der Waals surface area contributed by atoms with Crippen LogP contribution in [0.5, 0.6) is 0 Å². The molecule has 3 rings (SSSR count). The van der Waals surface area contributed by atoms with Gasteiger partial charge in [0.15, 0.2) is 0 Å². The van der Waals surface area contributed by atoms with Crippen molar-refractivity contribution >= 4 is 82.7 Å². The number of hydrogen-bond acceptors (Lipinski definition) is 13. The van der Waals surface area contributed by atoms with Crippen LogP contribution in [0, 0.1) is 11.8 Å². The third-order valence-electron chi connectivity index (χ3n) is 12.3. The number of amides is 8. The van der Waals surface area contributed by atoms with Gasteiger partial charge in [0.2, 0.25) is 47.3 Å². The van der Waals surface area contributed by atoms with Gasteiger partial charge in [0.05, 0.1) is 12.5 Å². The van der Waals surface area contributed by atoms with Crippen molar-refractivity contribution in [3.8, 4) is 0 Å². The highest BCUT2D eigenvalue weighted by atomic mass is 35.5. The van der Waals surface area contributed by atoms with E-state index in [-0.39, 0.29) is 51.0 Å². The Morgan fingerprint density at radius 3 is 1.74 bits per heavy atom. The monoisotopic (exact) mass is 1100 g/mol. The number of benzene rings is 2. The second kappa shape index (κ2) is 30.8. The highest BCUT2D eigenvalue weighted by molar-refractivity contribution is 6.30. The number of carbonyl (C=O) groups excluding carboxylic acids is 8. The molecule has 422 valence electrons. The Kier molecular flexibility index (Phi) is 25.4. The lowest BCUT2D eigenvalue weighted by Crippen LogP contribution is -2.61. The van der Waals surface area contributed by atoms with Crippen molar-refractivity contribution in [3.63, 3.8) is 0 Å². The molecular formula is C51H70ClN9O16. The summed E-state index contributed by atoms with van der Waals surface area (Å²) in [6.45, 7) is 7.94. The van der Waals surface area contributed by atoms with Gasteiger partial charge in [0.1, 0.15) is 48.3 Å². The van der Waals surface area contributed by atoms with Crippen LogP contribution in [0.3, 0.4) is 0 Å². The number of nitrogens with two attached hydrogens (primary N) is 1. The van der Waals surface area contributed by atoms with Gasteiger partial charge in [-0.05, 0) is 74.1 Å². The summed E-state index contributed by atoms with van der Waals surface area (Å²) in [7, 11) is 0. The summed E-state index contributed by atoms with van der Waals surface area (Å²) in [6.07, 6.45) is -2.73. The van der Waals surface area contributed by atoms with Gasteiger partial charge in [-0.3, -0.25) is 52.7 Å². The van der Waals surface area contributed by atoms with Crippen molar-refractivity contribution in [2.24, 2.45) is 17.6 Å². The summed E-state index contributed by atoms with van der Waals surface area (Å²) in [4.78, 5) is 158. The molecule has 2 aromatic carbocycles. The minimum absolute atomic E-state index is 0.0256. The van der Waals surface area contributed by atoms with E-state index >= 15 is 0 Å². The zero-order valence-electron chi connectivity index (χ0n) is 43.4. The lowest BCUT2D eigenvalue weighted by molar-refractivity contribution is -0.144. The Labute approximate surface area is 449 Å². The fourth-order valence-electron chi connectivity index (χ4n) is 8.23. The molecule has 8 amide bonds. The predicted octanol–water partition coefficient (Wildman–Crippen LogP) is -0.152. The smallest absolute Gasteiger partial charge is 0.326 e. The van der Waals surface area contributed by atoms with E-state index in [1.165, 1.54) is 0 Å². The van der Waals surface area contributed by atoms with E-state index in [1.54, 1.807) is 82.3 Å². The maximum Gasteiger partial charge on any atom is 0.326 e. The molecule has 0 bridgehead atoms. The first-order valence-electron chi connectivity index (χ1n) is 25.0. The van der Waals surface area contributed by atoms with Crippen LogP contribution >= 0.6 is 11.6 Å². The average molecular weight is 1100 g/mol. The quantitative estimate of drug-likeness (QED) is 0.0467. The van der Waals surface area contributed by atoms with E-state index in [1.807, 2.05) is 0 Å². The van der Waals surface area contributed by atoms with Gasteiger partial charge in [-0.15, -0.1) is 0 Å². The van der Waals surface area contributed by atoms with Crippen LogP contribution in [0.1, 0.15) is 97.1 Å². The largest absolute Gasteiger partial charge is 0.481 e. The van der Waals surface area contributed by atoms with E-state index in [4.69, 9.17) is 22.4 Å². The first kappa shape index (κ1) is 63.6. The predicted molar refractivity (Wildman–Crippen MR) is 275 cm³/mol. The molecule has 0 unspecified atom stereocenters. The third kappa shape index (κ3) is 21.5. The molecule has 26 heteroatoms. The van der Waals surface area contributed by atoms with Gasteiger partial charge in [-0.25, -0.2) is 4.79 Å². The second-order valence-corrected chi connectivity index (χ2v) is 20.0. The number of nitrogens with zero attached hydrogens (tertiary/aromatic N) is 1. The zero-order valence-corrected chi connectivity index (χ0v) is 44.2. The number of rotatable bonds is 31. The van der Waals surface area contributed by atoms with Crippen LogP contribution in [-0.2, 0) is 70.4 Å². The van der Waals surface area contributed by atoms with E-state index in [0.29, 0.717) is 16.1 Å². The first-order chi connectivity index (χ1) is 36.2. The molecule has 9 atom stereocenters. The van der Waals surface area contributed by atoms with Gasteiger partial charge >= 0.3 is 23.9 Å². The van der Waals surface area contributed by atoms with Gasteiger partial charge in [-0.2, -0.15) is 0 Å². The van der Waals surface area contributed by atoms with Crippen LogP contribution in [0.15, 0.2) is 54.6 Å². The highest BCUT2D eigenvalue weighted by Gasteiger charge is 2.41. The van der Waals surface area contributed by atoms with E-state index in [9.17, 15) is 72.9 Å². The Morgan fingerprint density at radius 1 is 0.597 bits per heavy atom. The normalized spacial score (nSPS) is 16.2. The Hall–Kier alpha value is -7.67. The SMILES string of the molecule is CC(C)C[C@H](NC(=O)[C@@H](NC(=O)[C@@H](N)CCC(=O)O)C(C)C)C(=O)N[C@@H](Cc1cccc(Cl)c1)C(=O)N1CCC[C@@H]1C(=O)N[C@@H](CC(=O)O)C(=O)N[C@@H](C)C(=O)N[C@@H](CCC(=O)O)C(=O)N[C@@H](Cc1ccccc1)C(=O)O. The number of aliphatic carboxylic acids is 4. The Balaban J connectivity index is 1.83. The summed E-state index contributed by atoms with van der Waals surface area (Å²) < 4.78 is 0. The molecule has 0 saturated carbocycles. The molecule has 0 radical (unpaired) electrons. The number of hydrogen-bond donors (Lipinski definition) is 12. The van der Waals surface area contributed by atoms with Gasteiger partial charge in [0, 0.05) is 37.3 Å². The van der Waals surface area contributed by atoms with Gasteiger partial charge < -0.3 is 68.3 Å². The molecule has 25 nitrogen and oxygen atoms in total. The number of likely N-dealkylation sites (tertiary alicyclic amines) is 1. The lowest BCUT2D eigenvalue weighted by Gasteiger charge is -2.31. The third-order valence-corrected chi connectivity index (χ3v) is 12.6. The first-order valence-corrected chi connectivity index (χ1v) is 25.4. The standard InChI is InChI=1S/C51H70ClN9O16/c1-26(2)21-34(57-49(74)42(27(3)4)60-44(69)32(53)16-18-39(62)63)47(72)58-36(24-30-13-9-14-31(52)22-30)50(75)61-20-10-15-38(61)48(73)56-35(25-41(66)67)46(71)54-28(5)43(68)55-33(17-19-40(64)65)45(70)59-37(51(76)77)23-29-11-7-6-8-12-29/h6-9,11-14,22,26-28,32-38,42H,10,15-21,23-25,53H2,1-5H3,(H,54,71)(H,55,68)(H,56,73)(H,57,74)(H,58,72)(H,59,70)(H,60,69)(H,62,63)(H,64,65)(H,66,67)(H,76,77)/t28-,32-,33-,34-,35-,36-,37-,38+,42-/m0/s1. The zero-order chi connectivity index (χ0) is 57.7. The molecule has 1 fully saturated rings. The second-order valence-electron chi connectivity index (χ2n) is 19.5. The topological polar surface area (TPSA) is 399 Å². The molecule has 13 N–H and O–H groups in total. The van der Waals surface area contributed by atoms with Crippen LogP contribution in [0.2, 0.25) is 5.02 Å². The molecule has 1 saturated heterocycles. The van der Waals surface area contributed by atoms with Crippen molar-refractivity contribution < 1.29 is 78.0 Å². The molecule has 1 aliphatic rings. The van der Waals surface area contributed by atoms with E-state index in [0.717, 1.165) is 11.8 Å². The fraction of sp³-hybridized carbons (Fsp3) is 0.529. The summed E-state index contributed by atoms with van der Waals surface area (Å²) in [5.41, 5.74) is 6.92. The highest BCUT2D eigenvalue weighted by Crippen LogP contribution is 2.22. The van der Waals surface area contributed by atoms with E-state index in [2.05, 4.69) is 37.2 Å². The maximum atomic E-state index is 14.6. The summed E-state index contributed by atoms with van der Waals surface area (Å²) >= 11 is 6.28. The van der Waals surface area contributed by atoms with Crippen molar-refractivity contribution in [1.29, 1.82) is 0 Å². The summed E-state index contributed by atoms with van der Waals surface area (Å²) in [5.74, 6) is -13.6. The molecule has 77 heavy (non-hydrogen) atoms. The average Bonchev–Trinajstić information content (AvgIpc) is 3.85. The minimum Gasteiger partial charge on any atom is -0.481 e. The van der Waals surface area contributed by atoms with Crippen LogP contribution < -0.4 is 43.0 Å². The molecule has 0 spiro atoms. The van der Waals surface area contributed by atoms with Gasteiger partial charge in [-0.1, -0.05) is 81.8 Å². The molecular weight excluding hydrogens is 1030 g/mol. The van der Waals surface area contributed by atoms with Crippen LogP contribution in [0.25, 0.3) is 0 Å². The van der Waals surface area contributed by atoms with Gasteiger partial charge in [0.25, 0.3) is 0 Å². The summed E-state index contributed by atoms with van der Waals surface area (Å²) in [6, 6.07) is 1.69. The van der Waals surface area contributed by atoms with Crippen LogP contribution in [0.4, 0.5) is 0 Å². The molecule has 1 aliphatic heterocycles. The minimum atomic E-state index is -1.85. The number of carbonyl (C=O) groups is 12. The van der Waals surface area contributed by atoms with Crippen LogP contribution in [-0.4, -0.2) is 157 Å². The van der Waals surface area contributed by atoms with Crippen molar-refractivity contribution in [2.45, 2.75) is 153 Å². The van der Waals surface area contributed by atoms with Crippen molar-refractivity contribution in [2.75, 3.05) is 6.54 Å². The molecule has 1 heterocycles. The maximum absolute atomic E-state index is 14.6. The fourth-order valence-corrected chi connectivity index (χ4v) is 8.44. The molecule has 0 aromatic heterocycles. The summed E-state index contributed by atoms with van der Waals surface area (Å²) in [5, 5.41) is 55.4. The Morgan fingerprint density at radius 2 is 1.16 bits per heavy atom. The Bertz CT molecular complexity index is 2460. The number of carboxylic acids is 4. The number of nitrogens with one attached hydrogen (secondary N) is 7. The van der Waals surface area contributed by atoms with Crippen molar-refractivity contribution in [1.82, 2.24) is 42.1 Å². The van der Waals surface area contributed by atoms with E-state index < -0.39 is 157 Å².